The number of nitrogens with zero attached hydrogens (tertiary/aromatic N) is 4. The van der Waals surface area contributed by atoms with Gasteiger partial charge in [-0.3, -0.25) is 4.79 Å². The molecule has 29 heavy (non-hydrogen) atoms. The van der Waals surface area contributed by atoms with Gasteiger partial charge in [-0.05, 0) is 23.8 Å². The first-order valence-electron chi connectivity index (χ1n) is 8.71. The third-order valence-corrected chi connectivity index (χ3v) is 5.12. The summed E-state index contributed by atoms with van der Waals surface area (Å²) >= 11 is 1.46. The van der Waals surface area contributed by atoms with Crippen LogP contribution in [0.4, 0.5) is 4.39 Å². The van der Waals surface area contributed by atoms with Gasteiger partial charge in [-0.1, -0.05) is 24.3 Å². The number of nitrogens with one attached hydrogen (secondary N) is 1. The van der Waals surface area contributed by atoms with E-state index in [1.165, 1.54) is 17.4 Å². The second kappa shape index (κ2) is 8.16. The van der Waals surface area contributed by atoms with Crippen LogP contribution in [0.25, 0.3) is 21.3 Å². The first-order valence-corrected chi connectivity index (χ1v) is 9.53. The molecule has 0 spiro atoms. The van der Waals surface area contributed by atoms with Gasteiger partial charge in [0.05, 0.1) is 22.7 Å². The van der Waals surface area contributed by atoms with Gasteiger partial charge in [-0.2, -0.15) is 5.26 Å². The molecule has 0 aliphatic rings. The molecule has 0 aliphatic heterocycles. The van der Waals surface area contributed by atoms with Gasteiger partial charge in [0.15, 0.2) is 0 Å². The number of halogens is 1. The van der Waals surface area contributed by atoms with Gasteiger partial charge in [0.25, 0.3) is 0 Å². The summed E-state index contributed by atoms with van der Waals surface area (Å²) in [7, 11) is 0. The van der Waals surface area contributed by atoms with Crippen molar-refractivity contribution < 1.29 is 13.6 Å². The van der Waals surface area contributed by atoms with E-state index in [2.05, 4.69) is 20.5 Å². The lowest BCUT2D eigenvalue weighted by Crippen LogP contribution is -2.25. The van der Waals surface area contributed by atoms with Gasteiger partial charge < -0.3 is 9.73 Å². The zero-order chi connectivity index (χ0) is 20.2. The molecule has 4 rings (SSSR count). The summed E-state index contributed by atoms with van der Waals surface area (Å²) in [5.74, 6) is -0.101. The van der Waals surface area contributed by atoms with E-state index >= 15 is 0 Å². The number of fused-ring (bicyclic) bond motifs is 1. The molecule has 2 aromatic heterocycles. The Morgan fingerprint density at radius 1 is 1.21 bits per heavy atom. The van der Waals surface area contributed by atoms with Gasteiger partial charge in [-0.25, -0.2) is 9.37 Å². The van der Waals surface area contributed by atoms with Crippen LogP contribution in [0.15, 0.2) is 46.9 Å². The van der Waals surface area contributed by atoms with Crippen molar-refractivity contribution in [3.8, 4) is 17.2 Å². The van der Waals surface area contributed by atoms with Crippen LogP contribution in [0.3, 0.4) is 0 Å². The lowest BCUT2D eigenvalue weighted by atomic mass is 10.1. The van der Waals surface area contributed by atoms with Crippen LogP contribution >= 0.6 is 11.3 Å². The van der Waals surface area contributed by atoms with Crippen molar-refractivity contribution in [2.24, 2.45) is 0 Å². The van der Waals surface area contributed by atoms with E-state index in [4.69, 9.17) is 9.68 Å². The highest BCUT2D eigenvalue weighted by Gasteiger charge is 2.14. The molecule has 0 bridgehead atoms. The van der Waals surface area contributed by atoms with Gasteiger partial charge in [0.1, 0.15) is 23.8 Å². The first-order chi connectivity index (χ1) is 14.1. The summed E-state index contributed by atoms with van der Waals surface area (Å²) in [5.41, 5.74) is 2.13. The number of hydrogen-bond donors (Lipinski definition) is 1. The SMILES string of the molecule is N#CCNC(=O)Cc1nnc(Cc2nc3ccc(-c4ccccc4F)cc3s2)o1. The van der Waals surface area contributed by atoms with Gasteiger partial charge in [0, 0.05) is 5.56 Å². The molecule has 2 aromatic carbocycles. The van der Waals surface area contributed by atoms with E-state index in [1.54, 1.807) is 18.2 Å². The van der Waals surface area contributed by atoms with Crippen molar-refractivity contribution in [3.63, 3.8) is 0 Å². The predicted octanol–water partition coefficient (Wildman–Crippen LogP) is 3.26. The maximum Gasteiger partial charge on any atom is 0.230 e. The normalized spacial score (nSPS) is 10.8. The predicted molar refractivity (Wildman–Crippen MR) is 104 cm³/mol. The van der Waals surface area contributed by atoms with Crippen LogP contribution in [-0.4, -0.2) is 27.6 Å². The number of nitriles is 1. The number of carbonyl (C=O) groups excluding carboxylic acids is 1. The van der Waals surface area contributed by atoms with Crippen LogP contribution in [0.2, 0.25) is 0 Å². The van der Waals surface area contributed by atoms with Crippen molar-refractivity contribution in [3.05, 3.63) is 65.1 Å². The standard InChI is InChI=1S/C20H14FN5O2S/c21-14-4-2-1-3-13(14)12-5-6-15-16(9-12)29-20(24-15)11-19-26-25-18(28-19)10-17(27)23-8-7-22/h1-6,9H,8,10-11H2,(H,23,27). The lowest BCUT2D eigenvalue weighted by Gasteiger charge is -2.02. The maximum atomic E-state index is 14.0. The number of benzene rings is 2. The first kappa shape index (κ1) is 18.7. The molecule has 1 N–H and O–H groups in total. The number of carbonyl (C=O) groups is 1. The quantitative estimate of drug-likeness (QED) is 0.492. The summed E-state index contributed by atoms with van der Waals surface area (Å²) in [4.78, 5) is 16.2. The summed E-state index contributed by atoms with van der Waals surface area (Å²) in [6, 6.07) is 14.1. The minimum absolute atomic E-state index is 0.0690. The van der Waals surface area contributed by atoms with E-state index < -0.39 is 0 Å². The highest BCUT2D eigenvalue weighted by Crippen LogP contribution is 2.30. The van der Waals surface area contributed by atoms with Crippen LogP contribution < -0.4 is 5.32 Å². The summed E-state index contributed by atoms with van der Waals surface area (Å²) < 4.78 is 20.5. The molecule has 7 nitrogen and oxygen atoms in total. The van der Waals surface area contributed by atoms with E-state index in [0.29, 0.717) is 17.9 Å². The third kappa shape index (κ3) is 4.28. The van der Waals surface area contributed by atoms with Crippen LogP contribution in [0.5, 0.6) is 0 Å². The number of hydrogen-bond acceptors (Lipinski definition) is 7. The highest BCUT2D eigenvalue weighted by molar-refractivity contribution is 7.18. The van der Waals surface area contributed by atoms with E-state index in [9.17, 15) is 9.18 Å². The van der Waals surface area contributed by atoms with Crippen molar-refractivity contribution in [2.45, 2.75) is 12.8 Å². The third-order valence-electron chi connectivity index (χ3n) is 4.11. The monoisotopic (exact) mass is 407 g/mol. The van der Waals surface area contributed by atoms with Crippen LogP contribution in [0, 0.1) is 17.1 Å². The number of amides is 1. The molecule has 0 fully saturated rings. The maximum absolute atomic E-state index is 14.0. The molecule has 9 heteroatoms. The van der Waals surface area contributed by atoms with Crippen LogP contribution in [0.1, 0.15) is 16.8 Å². The Hall–Kier alpha value is -3.64. The van der Waals surface area contributed by atoms with E-state index in [0.717, 1.165) is 20.8 Å². The van der Waals surface area contributed by atoms with Crippen molar-refractivity contribution in [1.29, 1.82) is 5.26 Å². The Labute approximate surface area is 168 Å². The zero-order valence-corrected chi connectivity index (χ0v) is 15.9. The Morgan fingerprint density at radius 3 is 2.86 bits per heavy atom. The average Bonchev–Trinajstić information content (AvgIpc) is 3.32. The highest BCUT2D eigenvalue weighted by atomic mass is 32.1. The van der Waals surface area contributed by atoms with Gasteiger partial charge >= 0.3 is 0 Å². The molecule has 4 aromatic rings. The zero-order valence-electron chi connectivity index (χ0n) is 15.1. The fourth-order valence-electron chi connectivity index (χ4n) is 2.81. The second-order valence-electron chi connectivity index (χ2n) is 6.15. The Balaban J connectivity index is 1.50. The fraction of sp³-hybridized carbons (Fsp3) is 0.150. The molecule has 144 valence electrons. The topological polar surface area (TPSA) is 105 Å². The Morgan fingerprint density at radius 2 is 2.03 bits per heavy atom. The van der Waals surface area contributed by atoms with Crippen LogP contribution in [-0.2, 0) is 17.6 Å². The number of thiazole rings is 1. The molecule has 2 heterocycles. The fourth-order valence-corrected chi connectivity index (χ4v) is 3.81. The summed E-state index contributed by atoms with van der Waals surface area (Å²) in [5, 5.41) is 19.5. The smallest absolute Gasteiger partial charge is 0.230 e. The number of rotatable bonds is 6. The average molecular weight is 407 g/mol. The molecule has 0 unspecified atom stereocenters. The molecule has 0 aliphatic carbocycles. The molecular formula is C20H14FN5O2S. The Kier molecular flexibility index (Phi) is 5.27. The van der Waals surface area contributed by atoms with E-state index in [1.807, 2.05) is 24.3 Å². The van der Waals surface area contributed by atoms with E-state index in [-0.39, 0.29) is 30.6 Å². The van der Waals surface area contributed by atoms with Gasteiger partial charge in [0.2, 0.25) is 17.7 Å². The second-order valence-corrected chi connectivity index (χ2v) is 7.26. The molecule has 0 atom stereocenters. The largest absolute Gasteiger partial charge is 0.424 e. The van der Waals surface area contributed by atoms with Crippen molar-refractivity contribution >= 4 is 27.5 Å². The minimum atomic E-state index is -0.359. The molecular weight excluding hydrogens is 393 g/mol. The van der Waals surface area contributed by atoms with Crippen molar-refractivity contribution in [2.75, 3.05) is 6.54 Å². The molecule has 0 saturated heterocycles. The van der Waals surface area contributed by atoms with Gasteiger partial charge in [-0.15, -0.1) is 21.5 Å². The molecule has 1 amide bonds. The van der Waals surface area contributed by atoms with Crippen molar-refractivity contribution in [1.82, 2.24) is 20.5 Å². The lowest BCUT2D eigenvalue weighted by molar-refractivity contribution is -0.120. The summed E-state index contributed by atoms with van der Waals surface area (Å²) in [6.07, 6.45) is 0.252. The summed E-state index contributed by atoms with van der Waals surface area (Å²) in [6.45, 7) is -0.0690. The Bertz CT molecular complexity index is 1230. The minimum Gasteiger partial charge on any atom is -0.424 e. The number of aromatic nitrogens is 3. The molecule has 0 saturated carbocycles. The molecule has 0 radical (unpaired) electrons.